The summed E-state index contributed by atoms with van der Waals surface area (Å²) in [5.41, 5.74) is 4.08. The average Bonchev–Trinajstić information content (AvgIpc) is 2.86. The zero-order chi connectivity index (χ0) is 14.5. The van der Waals surface area contributed by atoms with Crippen LogP contribution in [0.5, 0.6) is 0 Å². The van der Waals surface area contributed by atoms with Crippen molar-refractivity contribution in [3.63, 3.8) is 0 Å². The second kappa shape index (κ2) is 7.39. The van der Waals surface area contributed by atoms with Gasteiger partial charge in [0.1, 0.15) is 0 Å². The minimum Gasteiger partial charge on any atom is -0.306 e. The first kappa shape index (κ1) is 15.7. The predicted octanol–water partition coefficient (Wildman–Crippen LogP) is 5.72. The predicted molar refractivity (Wildman–Crippen MR) is 92.7 cm³/mol. The molecule has 0 bridgehead atoms. The van der Waals surface area contributed by atoms with E-state index in [0.717, 1.165) is 13.0 Å². The van der Waals surface area contributed by atoms with Crippen molar-refractivity contribution in [2.45, 2.75) is 39.2 Å². The molecule has 1 atom stereocenters. The van der Waals surface area contributed by atoms with Crippen LogP contribution >= 0.6 is 27.3 Å². The summed E-state index contributed by atoms with van der Waals surface area (Å²) in [7, 11) is 0. The Hall–Kier alpha value is -0.640. The van der Waals surface area contributed by atoms with E-state index in [1.165, 1.54) is 20.5 Å². The third-order valence-electron chi connectivity index (χ3n) is 3.46. The van der Waals surface area contributed by atoms with Crippen molar-refractivity contribution in [1.82, 2.24) is 5.32 Å². The summed E-state index contributed by atoms with van der Waals surface area (Å²) in [5.74, 6) is 0.585. The summed E-state index contributed by atoms with van der Waals surface area (Å²) in [6.07, 6.45) is 1.14. The van der Waals surface area contributed by atoms with Gasteiger partial charge in [-0.1, -0.05) is 45.0 Å². The van der Waals surface area contributed by atoms with E-state index >= 15 is 0 Å². The van der Waals surface area contributed by atoms with Gasteiger partial charge in [0.05, 0.1) is 9.83 Å². The fourth-order valence-corrected chi connectivity index (χ4v) is 3.47. The molecule has 1 unspecified atom stereocenters. The summed E-state index contributed by atoms with van der Waals surface area (Å²) >= 11 is 5.31. The maximum atomic E-state index is 3.65. The van der Waals surface area contributed by atoms with E-state index in [2.05, 4.69) is 77.7 Å². The molecule has 0 amide bonds. The maximum absolute atomic E-state index is 3.65. The van der Waals surface area contributed by atoms with Crippen molar-refractivity contribution in [1.29, 1.82) is 0 Å². The van der Waals surface area contributed by atoms with E-state index in [4.69, 9.17) is 0 Å². The molecule has 1 N–H and O–H groups in total. The SMILES string of the molecule is CCCNC(c1ccc(C(C)C)cc1)c1csc(Br)c1. The first-order chi connectivity index (χ1) is 9.61. The Balaban J connectivity index is 2.26. The lowest BCUT2D eigenvalue weighted by atomic mass is 9.96. The number of nitrogens with one attached hydrogen (secondary N) is 1. The summed E-state index contributed by atoms with van der Waals surface area (Å²) in [5, 5.41) is 5.88. The minimum atomic E-state index is 0.290. The van der Waals surface area contributed by atoms with Crippen molar-refractivity contribution < 1.29 is 0 Å². The minimum absolute atomic E-state index is 0.290. The fourth-order valence-electron chi connectivity index (χ4n) is 2.26. The van der Waals surface area contributed by atoms with Crippen molar-refractivity contribution in [3.05, 3.63) is 56.2 Å². The number of benzene rings is 1. The van der Waals surface area contributed by atoms with Crippen LogP contribution in [0, 0.1) is 0 Å². The molecule has 2 aromatic rings. The largest absolute Gasteiger partial charge is 0.306 e. The normalized spacial score (nSPS) is 12.8. The van der Waals surface area contributed by atoms with Crippen LogP contribution < -0.4 is 5.32 Å². The smallest absolute Gasteiger partial charge is 0.0701 e. The lowest BCUT2D eigenvalue weighted by molar-refractivity contribution is 0.599. The fraction of sp³-hybridized carbons (Fsp3) is 0.412. The molecule has 20 heavy (non-hydrogen) atoms. The Morgan fingerprint density at radius 1 is 1.10 bits per heavy atom. The molecule has 1 nitrogen and oxygen atoms in total. The van der Waals surface area contributed by atoms with Crippen LogP contribution in [-0.2, 0) is 0 Å². The van der Waals surface area contributed by atoms with Gasteiger partial charge in [-0.05, 0) is 63.0 Å². The molecule has 0 saturated heterocycles. The summed E-state index contributed by atoms with van der Waals surface area (Å²) in [4.78, 5) is 0. The van der Waals surface area contributed by atoms with Crippen LogP contribution in [0.15, 0.2) is 39.5 Å². The standard InChI is InChI=1S/C17H22BrNS/c1-4-9-19-17(15-10-16(18)20-11-15)14-7-5-13(6-8-14)12(2)3/h5-8,10-12,17,19H,4,9H2,1-3H3. The Morgan fingerprint density at radius 2 is 1.75 bits per heavy atom. The monoisotopic (exact) mass is 351 g/mol. The third kappa shape index (κ3) is 3.94. The Kier molecular flexibility index (Phi) is 5.82. The van der Waals surface area contributed by atoms with E-state index < -0.39 is 0 Å². The first-order valence-electron chi connectivity index (χ1n) is 7.19. The van der Waals surface area contributed by atoms with Gasteiger partial charge in [-0.3, -0.25) is 0 Å². The molecule has 0 radical (unpaired) electrons. The van der Waals surface area contributed by atoms with Crippen LogP contribution in [0.4, 0.5) is 0 Å². The molecule has 2 rings (SSSR count). The van der Waals surface area contributed by atoms with Gasteiger partial charge in [-0.25, -0.2) is 0 Å². The van der Waals surface area contributed by atoms with Crippen LogP contribution in [0.25, 0.3) is 0 Å². The second-order valence-corrected chi connectivity index (χ2v) is 7.68. The molecule has 0 aliphatic rings. The van der Waals surface area contributed by atoms with Gasteiger partial charge < -0.3 is 5.32 Å². The highest BCUT2D eigenvalue weighted by Gasteiger charge is 2.15. The molecular weight excluding hydrogens is 330 g/mol. The molecular formula is C17H22BrNS. The van der Waals surface area contributed by atoms with Gasteiger partial charge in [-0.2, -0.15) is 0 Å². The lowest BCUT2D eigenvalue weighted by Gasteiger charge is -2.19. The molecule has 0 fully saturated rings. The molecule has 0 saturated carbocycles. The van der Waals surface area contributed by atoms with Gasteiger partial charge in [0.25, 0.3) is 0 Å². The molecule has 0 spiro atoms. The summed E-state index contributed by atoms with van der Waals surface area (Å²) < 4.78 is 1.19. The van der Waals surface area contributed by atoms with Gasteiger partial charge in [0.2, 0.25) is 0 Å². The Bertz CT molecular complexity index is 530. The van der Waals surface area contributed by atoms with E-state index in [1.54, 1.807) is 11.3 Å². The van der Waals surface area contributed by atoms with Crippen LogP contribution in [-0.4, -0.2) is 6.54 Å². The number of hydrogen-bond donors (Lipinski definition) is 1. The van der Waals surface area contributed by atoms with E-state index in [9.17, 15) is 0 Å². The third-order valence-corrected chi connectivity index (χ3v) is 4.98. The highest BCUT2D eigenvalue weighted by Crippen LogP contribution is 2.30. The average molecular weight is 352 g/mol. The van der Waals surface area contributed by atoms with E-state index in [0.29, 0.717) is 12.0 Å². The Morgan fingerprint density at radius 3 is 2.25 bits per heavy atom. The quantitative estimate of drug-likeness (QED) is 0.701. The highest BCUT2D eigenvalue weighted by atomic mass is 79.9. The van der Waals surface area contributed by atoms with Crippen molar-refractivity contribution in [3.8, 4) is 0 Å². The molecule has 1 aromatic carbocycles. The number of halogens is 1. The molecule has 1 aromatic heterocycles. The van der Waals surface area contributed by atoms with E-state index in [1.807, 2.05) is 0 Å². The Labute approximate surface area is 134 Å². The van der Waals surface area contributed by atoms with Gasteiger partial charge in [-0.15, -0.1) is 11.3 Å². The van der Waals surface area contributed by atoms with Crippen molar-refractivity contribution >= 4 is 27.3 Å². The zero-order valence-electron chi connectivity index (χ0n) is 12.3. The highest BCUT2D eigenvalue weighted by molar-refractivity contribution is 9.11. The van der Waals surface area contributed by atoms with Gasteiger partial charge >= 0.3 is 0 Å². The molecule has 0 aliphatic heterocycles. The summed E-state index contributed by atoms with van der Waals surface area (Å²) in [6, 6.07) is 11.5. The number of thiophene rings is 1. The molecule has 3 heteroatoms. The van der Waals surface area contributed by atoms with Crippen molar-refractivity contribution in [2.24, 2.45) is 0 Å². The van der Waals surface area contributed by atoms with E-state index in [-0.39, 0.29) is 0 Å². The first-order valence-corrected chi connectivity index (χ1v) is 8.86. The summed E-state index contributed by atoms with van der Waals surface area (Å²) in [6.45, 7) is 7.70. The topological polar surface area (TPSA) is 12.0 Å². The van der Waals surface area contributed by atoms with Crippen LogP contribution in [0.3, 0.4) is 0 Å². The van der Waals surface area contributed by atoms with Gasteiger partial charge in [0.15, 0.2) is 0 Å². The maximum Gasteiger partial charge on any atom is 0.0701 e. The molecule has 0 aliphatic carbocycles. The lowest BCUT2D eigenvalue weighted by Crippen LogP contribution is -2.22. The van der Waals surface area contributed by atoms with Gasteiger partial charge in [0, 0.05) is 0 Å². The molecule has 108 valence electrons. The van der Waals surface area contributed by atoms with Crippen molar-refractivity contribution in [2.75, 3.05) is 6.54 Å². The van der Waals surface area contributed by atoms with Crippen LogP contribution in [0.1, 0.15) is 55.8 Å². The zero-order valence-corrected chi connectivity index (χ0v) is 14.7. The number of hydrogen-bond acceptors (Lipinski definition) is 2. The second-order valence-electron chi connectivity index (χ2n) is 5.39. The number of rotatable bonds is 6. The molecule has 1 heterocycles. The van der Waals surface area contributed by atoms with Crippen LogP contribution in [0.2, 0.25) is 0 Å².